The number of sulfonamides is 1. The van der Waals surface area contributed by atoms with Gasteiger partial charge in [0.2, 0.25) is 10.0 Å². The molecule has 0 aliphatic heterocycles. The highest BCUT2D eigenvalue weighted by Gasteiger charge is 2.12. The lowest BCUT2D eigenvalue weighted by molar-refractivity contribution is 0.0953. The van der Waals surface area contributed by atoms with E-state index in [9.17, 15) is 13.2 Å². The second-order valence-electron chi connectivity index (χ2n) is 5.00. The first-order chi connectivity index (χ1) is 11.5. The summed E-state index contributed by atoms with van der Waals surface area (Å²) in [6, 6.07) is 16.0. The SMILES string of the molecule is CNS(=O)(=O)c1ccc(C(=O)NCCCSc2ccccc2)cc1. The normalized spacial score (nSPS) is 11.2. The van der Waals surface area contributed by atoms with Gasteiger partial charge in [0, 0.05) is 17.0 Å². The molecule has 1 amide bonds. The Balaban J connectivity index is 1.76. The Morgan fingerprint density at radius 3 is 2.33 bits per heavy atom. The lowest BCUT2D eigenvalue weighted by Gasteiger charge is -2.07. The maximum atomic E-state index is 12.0. The van der Waals surface area contributed by atoms with Crippen molar-refractivity contribution in [3.05, 3.63) is 60.2 Å². The van der Waals surface area contributed by atoms with Gasteiger partial charge in [0.05, 0.1) is 4.90 Å². The zero-order valence-corrected chi connectivity index (χ0v) is 15.0. The molecular weight excluding hydrogens is 344 g/mol. The molecule has 0 aromatic heterocycles. The van der Waals surface area contributed by atoms with Crippen LogP contribution < -0.4 is 10.0 Å². The summed E-state index contributed by atoms with van der Waals surface area (Å²) >= 11 is 1.75. The Bertz CT molecular complexity index is 760. The van der Waals surface area contributed by atoms with E-state index in [4.69, 9.17) is 0 Å². The number of benzene rings is 2. The number of thioether (sulfide) groups is 1. The van der Waals surface area contributed by atoms with Crippen LogP contribution in [0.2, 0.25) is 0 Å². The van der Waals surface area contributed by atoms with Crippen LogP contribution in [0.25, 0.3) is 0 Å². The molecule has 2 aromatic carbocycles. The maximum absolute atomic E-state index is 12.0. The smallest absolute Gasteiger partial charge is 0.251 e. The summed E-state index contributed by atoms with van der Waals surface area (Å²) in [7, 11) is -2.13. The predicted octanol–water partition coefficient (Wildman–Crippen LogP) is 2.51. The first kappa shape index (κ1) is 18.5. The molecule has 0 fully saturated rings. The standard InChI is InChI=1S/C17H20N2O3S2/c1-18-24(21,22)16-10-8-14(9-11-16)17(20)19-12-5-13-23-15-6-3-2-4-7-15/h2-4,6-11,18H,5,12-13H2,1H3,(H,19,20). The summed E-state index contributed by atoms with van der Waals surface area (Å²) in [6.07, 6.45) is 0.859. The van der Waals surface area contributed by atoms with Crippen LogP contribution in [0.1, 0.15) is 16.8 Å². The molecule has 0 heterocycles. The minimum Gasteiger partial charge on any atom is -0.352 e. The van der Waals surface area contributed by atoms with Gasteiger partial charge in [-0.1, -0.05) is 18.2 Å². The third-order valence-corrected chi connectivity index (χ3v) is 5.84. The van der Waals surface area contributed by atoms with Crippen LogP contribution in [-0.2, 0) is 10.0 Å². The highest BCUT2D eigenvalue weighted by Crippen LogP contribution is 2.17. The average molecular weight is 364 g/mol. The van der Waals surface area contributed by atoms with Crippen LogP contribution in [-0.4, -0.2) is 33.7 Å². The molecule has 0 unspecified atom stereocenters. The fourth-order valence-corrected chi connectivity index (χ4v) is 3.59. The summed E-state index contributed by atoms with van der Waals surface area (Å²) in [5, 5.41) is 2.84. The third kappa shape index (κ3) is 5.36. The Morgan fingerprint density at radius 2 is 1.71 bits per heavy atom. The number of rotatable bonds is 8. The fourth-order valence-electron chi connectivity index (χ4n) is 1.99. The van der Waals surface area contributed by atoms with Crippen molar-refractivity contribution in [1.29, 1.82) is 0 Å². The molecule has 2 rings (SSSR count). The van der Waals surface area contributed by atoms with Gasteiger partial charge in [-0.25, -0.2) is 13.1 Å². The summed E-state index contributed by atoms with van der Waals surface area (Å²) < 4.78 is 25.5. The van der Waals surface area contributed by atoms with Crippen molar-refractivity contribution in [2.45, 2.75) is 16.2 Å². The van der Waals surface area contributed by atoms with E-state index in [2.05, 4.69) is 22.2 Å². The quantitative estimate of drug-likeness (QED) is 0.557. The van der Waals surface area contributed by atoms with Crippen molar-refractivity contribution in [1.82, 2.24) is 10.0 Å². The second-order valence-corrected chi connectivity index (χ2v) is 8.06. The molecule has 128 valence electrons. The largest absolute Gasteiger partial charge is 0.352 e. The first-order valence-corrected chi connectivity index (χ1v) is 9.99. The van der Waals surface area contributed by atoms with Crippen LogP contribution in [0.15, 0.2) is 64.4 Å². The molecule has 0 aliphatic carbocycles. The van der Waals surface area contributed by atoms with Gasteiger partial charge in [-0.2, -0.15) is 0 Å². The Hall–Kier alpha value is -1.83. The number of amides is 1. The first-order valence-electron chi connectivity index (χ1n) is 7.52. The van der Waals surface area contributed by atoms with Crippen LogP contribution in [0.3, 0.4) is 0 Å². The van der Waals surface area contributed by atoms with E-state index < -0.39 is 10.0 Å². The van der Waals surface area contributed by atoms with Crippen molar-refractivity contribution in [2.24, 2.45) is 0 Å². The number of carbonyl (C=O) groups excluding carboxylic acids is 1. The van der Waals surface area contributed by atoms with Gasteiger partial charge < -0.3 is 5.32 Å². The van der Waals surface area contributed by atoms with Crippen molar-refractivity contribution in [3.8, 4) is 0 Å². The van der Waals surface area contributed by atoms with Crippen molar-refractivity contribution >= 4 is 27.7 Å². The van der Waals surface area contributed by atoms with Gasteiger partial charge in [-0.05, 0) is 55.6 Å². The van der Waals surface area contributed by atoms with E-state index in [1.165, 1.54) is 36.2 Å². The molecule has 24 heavy (non-hydrogen) atoms. The molecule has 0 radical (unpaired) electrons. The minimum absolute atomic E-state index is 0.140. The van der Waals surface area contributed by atoms with Crippen molar-refractivity contribution in [3.63, 3.8) is 0 Å². The molecule has 2 N–H and O–H groups in total. The van der Waals surface area contributed by atoms with Gasteiger partial charge >= 0.3 is 0 Å². The molecule has 0 atom stereocenters. The second kappa shape index (κ2) is 8.86. The molecule has 0 spiro atoms. The van der Waals surface area contributed by atoms with Gasteiger partial charge in [0.15, 0.2) is 0 Å². The summed E-state index contributed by atoms with van der Waals surface area (Å²) in [6.45, 7) is 0.579. The Labute approximate surface area is 146 Å². The van der Waals surface area contributed by atoms with Crippen LogP contribution in [0.4, 0.5) is 0 Å². The van der Waals surface area contributed by atoms with E-state index in [-0.39, 0.29) is 10.8 Å². The molecule has 2 aromatic rings. The number of nitrogens with one attached hydrogen (secondary N) is 2. The van der Waals surface area contributed by atoms with E-state index >= 15 is 0 Å². The van der Waals surface area contributed by atoms with Crippen molar-refractivity contribution < 1.29 is 13.2 Å². The van der Waals surface area contributed by atoms with Crippen LogP contribution in [0, 0.1) is 0 Å². The topological polar surface area (TPSA) is 75.3 Å². The molecular formula is C17H20N2O3S2. The van der Waals surface area contributed by atoms with Gasteiger partial charge in [0.1, 0.15) is 0 Å². The lowest BCUT2D eigenvalue weighted by atomic mass is 10.2. The fraction of sp³-hybridized carbons (Fsp3) is 0.235. The van der Waals surface area contributed by atoms with E-state index in [1.54, 1.807) is 11.8 Å². The molecule has 0 saturated carbocycles. The Morgan fingerprint density at radius 1 is 1.04 bits per heavy atom. The Kier molecular flexibility index (Phi) is 6.84. The number of hydrogen-bond donors (Lipinski definition) is 2. The molecule has 0 saturated heterocycles. The number of carbonyl (C=O) groups is 1. The van der Waals surface area contributed by atoms with E-state index in [0.717, 1.165) is 12.2 Å². The van der Waals surface area contributed by atoms with Crippen LogP contribution in [0.5, 0.6) is 0 Å². The van der Waals surface area contributed by atoms with Gasteiger partial charge in [-0.3, -0.25) is 4.79 Å². The van der Waals surface area contributed by atoms with E-state index in [0.29, 0.717) is 12.1 Å². The highest BCUT2D eigenvalue weighted by molar-refractivity contribution is 7.99. The summed E-state index contributed by atoms with van der Waals surface area (Å²) in [5.74, 6) is 0.719. The molecule has 7 heteroatoms. The zero-order chi connectivity index (χ0) is 17.4. The average Bonchev–Trinajstić information content (AvgIpc) is 2.62. The number of hydrogen-bond acceptors (Lipinski definition) is 4. The summed E-state index contributed by atoms with van der Waals surface area (Å²) in [4.78, 5) is 13.4. The van der Waals surface area contributed by atoms with Gasteiger partial charge in [0.25, 0.3) is 5.91 Å². The summed E-state index contributed by atoms with van der Waals surface area (Å²) in [5.41, 5.74) is 0.445. The highest BCUT2D eigenvalue weighted by atomic mass is 32.2. The lowest BCUT2D eigenvalue weighted by Crippen LogP contribution is -2.25. The molecule has 5 nitrogen and oxygen atoms in total. The minimum atomic E-state index is -3.48. The van der Waals surface area contributed by atoms with E-state index in [1.807, 2.05) is 18.2 Å². The molecule has 0 bridgehead atoms. The van der Waals surface area contributed by atoms with Gasteiger partial charge in [-0.15, -0.1) is 11.8 Å². The monoisotopic (exact) mass is 364 g/mol. The predicted molar refractivity (Wildman–Crippen MR) is 96.8 cm³/mol. The van der Waals surface area contributed by atoms with Crippen molar-refractivity contribution in [2.75, 3.05) is 19.3 Å². The maximum Gasteiger partial charge on any atom is 0.251 e. The third-order valence-electron chi connectivity index (χ3n) is 3.31. The molecule has 0 aliphatic rings. The zero-order valence-electron chi connectivity index (χ0n) is 13.4. The van der Waals surface area contributed by atoms with Crippen LogP contribution >= 0.6 is 11.8 Å².